The number of rotatable bonds is 6. The summed E-state index contributed by atoms with van der Waals surface area (Å²) < 4.78 is 70.5. The van der Waals surface area contributed by atoms with Crippen LogP contribution in [0.1, 0.15) is 22.6 Å². The van der Waals surface area contributed by atoms with Gasteiger partial charge in [0.15, 0.2) is 23.0 Å². The van der Waals surface area contributed by atoms with Crippen molar-refractivity contribution < 1.29 is 50.4 Å². The molecule has 3 aliphatic rings. The molecule has 0 bridgehead atoms. The molecule has 2 heterocycles. The Morgan fingerprint density at radius 3 is 2.29 bits per heavy atom. The smallest absolute Gasteiger partial charge is 0.446 e. The second-order valence-corrected chi connectivity index (χ2v) is 9.10. The maximum Gasteiger partial charge on any atom is 0.446 e. The van der Waals surface area contributed by atoms with E-state index in [4.69, 9.17) is 32.6 Å². The normalized spacial score (nSPS) is 22.5. The molecule has 1 N–H and O–H groups in total. The summed E-state index contributed by atoms with van der Waals surface area (Å²) in [6.07, 6.45) is 0.272. The van der Waals surface area contributed by atoms with Crippen LogP contribution in [-0.2, 0) is 26.4 Å². The van der Waals surface area contributed by atoms with Crippen LogP contribution in [0.5, 0.6) is 34.5 Å². The van der Waals surface area contributed by atoms with Crippen LogP contribution in [-0.4, -0.2) is 53.7 Å². The van der Waals surface area contributed by atoms with Gasteiger partial charge in [0.2, 0.25) is 18.3 Å². The van der Waals surface area contributed by atoms with Crippen LogP contribution in [0, 0.1) is 11.8 Å². The van der Waals surface area contributed by atoms with Crippen LogP contribution in [0.25, 0.3) is 0 Å². The molecule has 12 heteroatoms. The number of benzene rings is 2. The highest BCUT2D eigenvalue weighted by Gasteiger charge is 2.50. The fourth-order valence-electron chi connectivity index (χ4n) is 5.05. The molecule has 0 saturated carbocycles. The highest BCUT2D eigenvalue weighted by atomic mass is 32.3. The van der Waals surface area contributed by atoms with Crippen molar-refractivity contribution in [3.05, 3.63) is 34.9 Å². The van der Waals surface area contributed by atoms with E-state index < -0.39 is 22.2 Å². The summed E-state index contributed by atoms with van der Waals surface area (Å²) in [5, 5.41) is 0. The maximum absolute atomic E-state index is 12.8. The second-order valence-electron chi connectivity index (χ2n) is 8.07. The van der Waals surface area contributed by atoms with Crippen molar-refractivity contribution in [2.45, 2.75) is 12.3 Å². The van der Waals surface area contributed by atoms with Crippen molar-refractivity contribution in [1.82, 2.24) is 0 Å². The fourth-order valence-corrected chi connectivity index (χ4v) is 5.44. The van der Waals surface area contributed by atoms with E-state index in [9.17, 15) is 17.8 Å². The molecular formula is C22H22O11S. The molecule has 2 aliphatic heterocycles. The molecule has 0 aromatic heterocycles. The third-order valence-corrected chi connectivity index (χ3v) is 6.75. The van der Waals surface area contributed by atoms with Crippen LogP contribution in [0.15, 0.2) is 18.2 Å². The Labute approximate surface area is 195 Å². The van der Waals surface area contributed by atoms with Gasteiger partial charge in [-0.1, -0.05) is 0 Å². The van der Waals surface area contributed by atoms with E-state index in [2.05, 4.69) is 0 Å². The van der Waals surface area contributed by atoms with Crippen molar-refractivity contribution in [2.75, 3.05) is 34.7 Å². The van der Waals surface area contributed by atoms with E-state index in [1.54, 1.807) is 18.2 Å². The van der Waals surface area contributed by atoms with Gasteiger partial charge in [0.1, 0.15) is 0 Å². The molecule has 1 saturated heterocycles. The Kier molecular flexibility index (Phi) is 5.36. The van der Waals surface area contributed by atoms with Crippen LogP contribution >= 0.6 is 0 Å². The minimum Gasteiger partial charge on any atom is -0.493 e. The van der Waals surface area contributed by atoms with Crippen molar-refractivity contribution >= 4 is 16.4 Å². The first kappa shape index (κ1) is 22.4. The molecule has 2 aromatic carbocycles. The number of fused-ring (bicyclic) bond motifs is 3. The van der Waals surface area contributed by atoms with Gasteiger partial charge in [-0.3, -0.25) is 9.35 Å². The summed E-state index contributed by atoms with van der Waals surface area (Å²) in [5.41, 5.74) is 1.71. The SMILES string of the molecule is COc1cc([C@H]2c3cc4c(c(OS(=O)(=O)O)c3C[C@H]3COC(=O)[C@@H]32)OCO4)cc(OC)c1OC. The van der Waals surface area contributed by atoms with Crippen LogP contribution in [0.2, 0.25) is 0 Å². The third kappa shape index (κ3) is 3.53. The Bertz CT molecular complexity index is 1250. The molecule has 0 radical (unpaired) electrons. The van der Waals surface area contributed by atoms with Crippen molar-refractivity contribution in [3.8, 4) is 34.5 Å². The van der Waals surface area contributed by atoms with E-state index in [0.29, 0.717) is 33.9 Å². The maximum atomic E-state index is 12.8. The van der Waals surface area contributed by atoms with Gasteiger partial charge in [-0.25, -0.2) is 0 Å². The summed E-state index contributed by atoms with van der Waals surface area (Å²) in [6.45, 7) is 0.00737. The number of hydrogen-bond acceptors (Lipinski definition) is 10. The molecule has 0 amide bonds. The zero-order valence-corrected chi connectivity index (χ0v) is 19.3. The highest BCUT2D eigenvalue weighted by Crippen LogP contribution is 2.56. The first-order chi connectivity index (χ1) is 16.3. The van der Waals surface area contributed by atoms with Crippen LogP contribution < -0.4 is 27.9 Å². The molecule has 11 nitrogen and oxygen atoms in total. The molecule has 5 rings (SSSR count). The van der Waals surface area contributed by atoms with Crippen molar-refractivity contribution in [3.63, 3.8) is 0 Å². The molecule has 182 valence electrons. The summed E-state index contributed by atoms with van der Waals surface area (Å²) in [5.74, 6) is -0.478. The van der Waals surface area contributed by atoms with Crippen molar-refractivity contribution in [1.29, 1.82) is 0 Å². The Morgan fingerprint density at radius 2 is 1.68 bits per heavy atom. The largest absolute Gasteiger partial charge is 0.493 e. The molecule has 3 atom stereocenters. The Morgan fingerprint density at radius 1 is 0.971 bits per heavy atom. The lowest BCUT2D eigenvalue weighted by molar-refractivity contribution is -0.141. The number of carbonyl (C=O) groups is 1. The third-order valence-electron chi connectivity index (χ3n) is 6.37. The highest BCUT2D eigenvalue weighted by molar-refractivity contribution is 7.81. The summed E-state index contributed by atoms with van der Waals surface area (Å²) in [7, 11) is -0.412. The zero-order chi connectivity index (χ0) is 24.2. The van der Waals surface area contributed by atoms with E-state index >= 15 is 0 Å². The number of methoxy groups -OCH3 is 3. The summed E-state index contributed by atoms with van der Waals surface area (Å²) in [6, 6.07) is 5.17. The van der Waals surface area contributed by atoms with Gasteiger partial charge in [0.25, 0.3) is 0 Å². The zero-order valence-electron chi connectivity index (χ0n) is 18.5. The number of cyclic esters (lactones) is 1. The molecule has 0 unspecified atom stereocenters. The number of hydrogen-bond donors (Lipinski definition) is 1. The number of esters is 1. The van der Waals surface area contributed by atoms with Crippen LogP contribution in [0.4, 0.5) is 0 Å². The molecule has 0 spiro atoms. The molecule has 1 fully saturated rings. The Balaban J connectivity index is 1.77. The lowest BCUT2D eigenvalue weighted by atomic mass is 9.67. The quantitative estimate of drug-likeness (QED) is 0.467. The topological polar surface area (TPSA) is 136 Å². The van der Waals surface area contributed by atoms with Gasteiger partial charge in [0.05, 0.1) is 33.9 Å². The first-order valence-corrected chi connectivity index (χ1v) is 11.7. The Hall–Kier alpha value is -3.38. The second kappa shape index (κ2) is 8.13. The minimum atomic E-state index is -4.87. The molecule has 1 aliphatic carbocycles. The van der Waals surface area contributed by atoms with Gasteiger partial charge in [-0.2, -0.15) is 8.42 Å². The number of carbonyl (C=O) groups excluding carboxylic acids is 1. The van der Waals surface area contributed by atoms with E-state index in [-0.39, 0.29) is 49.0 Å². The summed E-state index contributed by atoms with van der Waals surface area (Å²) in [4.78, 5) is 12.8. The number of ether oxygens (including phenoxy) is 6. The van der Waals surface area contributed by atoms with E-state index in [1.165, 1.54) is 21.3 Å². The average molecular weight is 494 g/mol. The van der Waals surface area contributed by atoms with E-state index in [0.717, 1.165) is 0 Å². The fraction of sp³-hybridized carbons (Fsp3) is 0.409. The summed E-state index contributed by atoms with van der Waals surface area (Å²) >= 11 is 0. The lowest BCUT2D eigenvalue weighted by Crippen LogP contribution is -2.32. The molecule has 34 heavy (non-hydrogen) atoms. The predicted molar refractivity (Wildman–Crippen MR) is 114 cm³/mol. The lowest BCUT2D eigenvalue weighted by Gasteiger charge is -2.34. The van der Waals surface area contributed by atoms with Crippen molar-refractivity contribution in [2.24, 2.45) is 11.8 Å². The van der Waals surface area contributed by atoms with Gasteiger partial charge in [0, 0.05) is 17.4 Å². The average Bonchev–Trinajstić information content (AvgIpc) is 3.42. The minimum absolute atomic E-state index is 0.0729. The van der Waals surface area contributed by atoms with Gasteiger partial charge < -0.3 is 32.6 Å². The van der Waals surface area contributed by atoms with Gasteiger partial charge in [-0.15, -0.1) is 0 Å². The molecule has 2 aromatic rings. The van der Waals surface area contributed by atoms with E-state index in [1.807, 2.05) is 0 Å². The first-order valence-electron chi connectivity index (χ1n) is 10.3. The standard InChI is InChI=1S/C22H22O11S/c1-27-14-5-10(6-15(28-2)20(14)29-3)17-12-7-16-21(32-9-31-16)19(33-34(24,25)26)13(12)4-11-8-30-22(23)18(11)17/h5-7,11,17-18H,4,8-9H2,1-3H3,(H,24,25,26)/t11-,17-,18-/m0/s1. The van der Waals surface area contributed by atoms with Gasteiger partial charge in [-0.05, 0) is 35.7 Å². The monoisotopic (exact) mass is 494 g/mol. The van der Waals surface area contributed by atoms with Crippen LogP contribution in [0.3, 0.4) is 0 Å². The predicted octanol–water partition coefficient (Wildman–Crippen LogP) is 2.10. The van der Waals surface area contributed by atoms with Gasteiger partial charge >= 0.3 is 16.4 Å². The molecular weight excluding hydrogens is 472 g/mol.